The highest BCUT2D eigenvalue weighted by atomic mass is 19.4. The first-order chi connectivity index (χ1) is 13.4. The fraction of sp³-hybridized carbons (Fsp3) is 0.316. The summed E-state index contributed by atoms with van der Waals surface area (Å²) >= 11 is 0. The monoisotopic (exact) mass is 421 g/mol. The van der Waals surface area contributed by atoms with E-state index >= 15 is 0 Å². The molecule has 0 aliphatic carbocycles. The van der Waals surface area contributed by atoms with Crippen LogP contribution in [0, 0.1) is 6.92 Å². The van der Waals surface area contributed by atoms with Crippen LogP contribution in [0.15, 0.2) is 54.9 Å². The van der Waals surface area contributed by atoms with E-state index in [1.54, 1.807) is 10.9 Å². The average Bonchev–Trinajstić information content (AvgIpc) is 2.62. The predicted molar refractivity (Wildman–Crippen MR) is 98.4 cm³/mol. The SMILES string of the molecule is C=C(NNC=O)NC(CC)(C(F)(F)F)C(F)(F)F.Cc1ccc2ccccc2c1. The summed E-state index contributed by atoms with van der Waals surface area (Å²) in [6.07, 6.45) is -12.4. The van der Waals surface area contributed by atoms with Gasteiger partial charge in [0, 0.05) is 0 Å². The van der Waals surface area contributed by atoms with E-state index < -0.39 is 30.1 Å². The maximum absolute atomic E-state index is 12.6. The van der Waals surface area contributed by atoms with Gasteiger partial charge in [-0.2, -0.15) is 26.3 Å². The molecule has 0 saturated heterocycles. The minimum absolute atomic E-state index is 0.0294. The van der Waals surface area contributed by atoms with E-state index in [1.807, 2.05) is 0 Å². The molecule has 10 heteroatoms. The highest BCUT2D eigenvalue weighted by Crippen LogP contribution is 2.45. The number of hydrogen-bond acceptors (Lipinski definition) is 3. The van der Waals surface area contributed by atoms with Gasteiger partial charge in [-0.05, 0) is 24.1 Å². The van der Waals surface area contributed by atoms with Crippen molar-refractivity contribution in [2.75, 3.05) is 0 Å². The molecule has 0 aliphatic heterocycles. The van der Waals surface area contributed by atoms with E-state index in [9.17, 15) is 31.1 Å². The maximum Gasteiger partial charge on any atom is 0.420 e. The summed E-state index contributed by atoms with van der Waals surface area (Å²) in [7, 11) is 0. The lowest BCUT2D eigenvalue weighted by Gasteiger charge is -2.38. The summed E-state index contributed by atoms with van der Waals surface area (Å²) in [5, 5.41) is 3.86. The van der Waals surface area contributed by atoms with Crippen molar-refractivity contribution in [3.63, 3.8) is 0 Å². The topological polar surface area (TPSA) is 53.2 Å². The van der Waals surface area contributed by atoms with Crippen molar-refractivity contribution < 1.29 is 31.1 Å². The Bertz CT molecular complexity index is 819. The van der Waals surface area contributed by atoms with Crippen LogP contribution in [0.3, 0.4) is 0 Å². The van der Waals surface area contributed by atoms with Crippen molar-refractivity contribution >= 4 is 17.2 Å². The van der Waals surface area contributed by atoms with Crippen LogP contribution < -0.4 is 16.2 Å². The lowest BCUT2D eigenvalue weighted by Crippen LogP contribution is -2.66. The zero-order chi connectivity index (χ0) is 22.3. The summed E-state index contributed by atoms with van der Waals surface area (Å²) in [5.41, 5.74) is 0.605. The van der Waals surface area contributed by atoms with Gasteiger partial charge in [0.15, 0.2) is 0 Å². The second-order valence-electron chi connectivity index (χ2n) is 6.10. The van der Waals surface area contributed by atoms with Gasteiger partial charge in [-0.3, -0.25) is 15.6 Å². The molecule has 4 nitrogen and oxygen atoms in total. The first-order valence-electron chi connectivity index (χ1n) is 8.39. The third-order valence-electron chi connectivity index (χ3n) is 4.05. The molecule has 0 spiro atoms. The quantitative estimate of drug-likeness (QED) is 0.360. The van der Waals surface area contributed by atoms with Crippen LogP contribution in [0.5, 0.6) is 0 Å². The van der Waals surface area contributed by atoms with Gasteiger partial charge in [-0.1, -0.05) is 61.5 Å². The molecular weight excluding hydrogens is 400 g/mol. The lowest BCUT2D eigenvalue weighted by molar-refractivity contribution is -0.306. The van der Waals surface area contributed by atoms with Crippen LogP contribution in [0.25, 0.3) is 10.8 Å². The average molecular weight is 421 g/mol. The van der Waals surface area contributed by atoms with Crippen LogP contribution in [-0.2, 0) is 4.79 Å². The Morgan fingerprint density at radius 2 is 1.55 bits per heavy atom. The largest absolute Gasteiger partial charge is 0.420 e. The van der Waals surface area contributed by atoms with Crippen LogP contribution in [0.1, 0.15) is 18.9 Å². The lowest BCUT2D eigenvalue weighted by atomic mass is 9.94. The standard InChI is InChI=1S/C11H10.C8H11F6N3O/c1-9-6-7-10-4-2-3-5-11(10)8-9;1-3-6(7(9,10)11,8(12,13)14)16-5(2)17-15-4-18/h2-8H,1H3;4,16-17H,2-3H2,1H3,(H,15,18). The molecule has 29 heavy (non-hydrogen) atoms. The normalized spacial score (nSPS) is 11.9. The number of fused-ring (bicyclic) bond motifs is 1. The van der Waals surface area contributed by atoms with Crippen molar-refractivity contribution in [3.8, 4) is 0 Å². The highest BCUT2D eigenvalue weighted by molar-refractivity contribution is 5.82. The highest BCUT2D eigenvalue weighted by Gasteiger charge is 2.70. The number of aryl methyl sites for hydroxylation is 1. The van der Waals surface area contributed by atoms with E-state index in [2.05, 4.69) is 56.0 Å². The predicted octanol–water partition coefficient (Wildman–Crippen LogP) is 4.72. The number of alkyl halides is 6. The molecule has 160 valence electrons. The van der Waals surface area contributed by atoms with Crippen molar-refractivity contribution in [3.05, 3.63) is 60.4 Å². The molecular formula is C19H21F6N3O. The zero-order valence-corrected chi connectivity index (χ0v) is 15.7. The van der Waals surface area contributed by atoms with Gasteiger partial charge in [-0.25, -0.2) is 0 Å². The molecule has 0 heterocycles. The Hall–Kier alpha value is -2.91. The molecule has 1 amide bonds. The van der Waals surface area contributed by atoms with E-state index in [0.717, 1.165) is 6.92 Å². The zero-order valence-electron chi connectivity index (χ0n) is 15.7. The number of amides is 1. The molecule has 0 aliphatic rings. The Morgan fingerprint density at radius 3 is 2.03 bits per heavy atom. The smallest absolute Gasteiger partial charge is 0.350 e. The number of hydrogen-bond donors (Lipinski definition) is 3. The van der Waals surface area contributed by atoms with Crippen LogP contribution in [0.2, 0.25) is 0 Å². The summed E-state index contributed by atoms with van der Waals surface area (Å²) in [6.45, 7) is 5.76. The van der Waals surface area contributed by atoms with Crippen LogP contribution in [-0.4, -0.2) is 24.3 Å². The molecule has 0 bridgehead atoms. The van der Waals surface area contributed by atoms with Crippen molar-refractivity contribution in [1.29, 1.82) is 0 Å². The number of benzene rings is 2. The Labute approximate surface area is 163 Å². The summed E-state index contributed by atoms with van der Waals surface area (Å²) < 4.78 is 75.7. The molecule has 0 unspecified atom stereocenters. The summed E-state index contributed by atoms with van der Waals surface area (Å²) in [6, 6.07) is 14.9. The van der Waals surface area contributed by atoms with Crippen molar-refractivity contribution in [2.24, 2.45) is 0 Å². The number of nitrogens with one attached hydrogen (secondary N) is 3. The molecule has 3 N–H and O–H groups in total. The third kappa shape index (κ3) is 6.03. The first-order valence-corrected chi connectivity index (χ1v) is 8.39. The third-order valence-corrected chi connectivity index (χ3v) is 4.05. The number of carbonyl (C=O) groups excluding carboxylic acids is 1. The fourth-order valence-electron chi connectivity index (χ4n) is 2.51. The molecule has 0 aromatic heterocycles. The number of hydrazine groups is 1. The van der Waals surface area contributed by atoms with Gasteiger partial charge in [0.05, 0.1) is 0 Å². The second kappa shape index (κ2) is 9.53. The fourth-order valence-corrected chi connectivity index (χ4v) is 2.51. The van der Waals surface area contributed by atoms with Gasteiger partial charge in [0.1, 0.15) is 5.82 Å². The van der Waals surface area contributed by atoms with Gasteiger partial charge < -0.3 is 5.32 Å². The van der Waals surface area contributed by atoms with E-state index in [4.69, 9.17) is 0 Å². The van der Waals surface area contributed by atoms with E-state index in [-0.39, 0.29) is 6.41 Å². The Balaban J connectivity index is 0.000000321. The molecule has 2 aromatic rings. The minimum atomic E-state index is -5.58. The molecule has 0 saturated carbocycles. The maximum atomic E-state index is 12.6. The molecule has 0 atom stereocenters. The van der Waals surface area contributed by atoms with Crippen LogP contribution >= 0.6 is 0 Å². The minimum Gasteiger partial charge on any atom is -0.350 e. The van der Waals surface area contributed by atoms with Crippen molar-refractivity contribution in [1.82, 2.24) is 16.2 Å². The van der Waals surface area contributed by atoms with Gasteiger partial charge >= 0.3 is 12.4 Å². The first kappa shape index (κ1) is 24.1. The number of halogens is 6. The van der Waals surface area contributed by atoms with Gasteiger partial charge in [-0.15, -0.1) is 0 Å². The van der Waals surface area contributed by atoms with Gasteiger partial charge in [0.25, 0.3) is 0 Å². The molecule has 2 aromatic carbocycles. The molecule has 0 radical (unpaired) electrons. The van der Waals surface area contributed by atoms with Gasteiger partial charge in [0.2, 0.25) is 11.9 Å². The molecule has 2 rings (SSSR count). The number of rotatable bonds is 6. The molecule has 0 fully saturated rings. The van der Waals surface area contributed by atoms with Crippen LogP contribution in [0.4, 0.5) is 26.3 Å². The van der Waals surface area contributed by atoms with Crippen molar-refractivity contribution in [2.45, 2.75) is 38.2 Å². The number of carbonyl (C=O) groups is 1. The summed E-state index contributed by atoms with van der Waals surface area (Å²) in [4.78, 5) is 9.85. The Morgan fingerprint density at radius 1 is 1.00 bits per heavy atom. The van der Waals surface area contributed by atoms with E-state index in [0.29, 0.717) is 0 Å². The summed E-state index contributed by atoms with van der Waals surface area (Å²) in [5.74, 6) is -0.835. The van der Waals surface area contributed by atoms with E-state index in [1.165, 1.54) is 21.7 Å². The Kier molecular flexibility index (Phi) is 7.93. The second-order valence-corrected chi connectivity index (χ2v) is 6.10.